The quantitative estimate of drug-likeness (QED) is 0.774. The largest absolute Gasteiger partial charge is 0.465 e. The average Bonchev–Trinajstić information content (AvgIpc) is 2.73. The van der Waals surface area contributed by atoms with Crippen LogP contribution in [-0.2, 0) is 22.1 Å². The van der Waals surface area contributed by atoms with Crippen molar-refractivity contribution in [2.24, 2.45) is 0 Å². The minimum atomic E-state index is -4.39. The second-order valence-electron chi connectivity index (χ2n) is 6.92. The smallest absolute Gasteiger partial charge is 0.416 e. The monoisotopic (exact) mass is 422 g/mol. The zero-order valence-electron chi connectivity index (χ0n) is 16.0. The zero-order valence-corrected chi connectivity index (χ0v) is 16.0. The molecule has 0 spiro atoms. The van der Waals surface area contributed by atoms with E-state index in [2.05, 4.69) is 5.32 Å². The van der Waals surface area contributed by atoms with Gasteiger partial charge in [0.15, 0.2) is 0 Å². The van der Waals surface area contributed by atoms with Crippen molar-refractivity contribution in [1.82, 2.24) is 10.2 Å². The maximum atomic E-state index is 12.7. The maximum Gasteiger partial charge on any atom is 0.416 e. The molecule has 0 radical (unpaired) electrons. The predicted octanol–water partition coefficient (Wildman–Crippen LogP) is 3.41. The summed E-state index contributed by atoms with van der Waals surface area (Å²) in [6.07, 6.45) is -5.51. The molecule has 1 aliphatic heterocycles. The van der Waals surface area contributed by atoms with Gasteiger partial charge in [0.05, 0.1) is 18.8 Å². The third kappa shape index (κ3) is 5.50. The summed E-state index contributed by atoms with van der Waals surface area (Å²) in [6, 6.07) is 10.8. The molecular formula is C21H21F3N2O4. The number of ether oxygens (including phenoxy) is 1. The molecule has 1 aliphatic rings. The molecule has 1 unspecified atom stereocenters. The van der Waals surface area contributed by atoms with E-state index in [9.17, 15) is 22.8 Å². The number of hydrogen-bond acceptors (Lipinski definition) is 3. The van der Waals surface area contributed by atoms with Crippen molar-refractivity contribution >= 4 is 12.0 Å². The number of amides is 2. The molecule has 160 valence electrons. The molecule has 0 aliphatic carbocycles. The van der Waals surface area contributed by atoms with Gasteiger partial charge in [-0.05, 0) is 28.8 Å². The van der Waals surface area contributed by atoms with Gasteiger partial charge in [-0.3, -0.25) is 4.79 Å². The van der Waals surface area contributed by atoms with Gasteiger partial charge in [0.2, 0.25) is 5.91 Å². The molecule has 2 amide bonds. The lowest BCUT2D eigenvalue weighted by Crippen LogP contribution is -2.52. The fourth-order valence-corrected chi connectivity index (χ4v) is 3.27. The van der Waals surface area contributed by atoms with Gasteiger partial charge in [-0.1, -0.05) is 36.4 Å². The Morgan fingerprint density at radius 1 is 1.00 bits per heavy atom. The fourth-order valence-electron chi connectivity index (χ4n) is 3.27. The van der Waals surface area contributed by atoms with Crippen molar-refractivity contribution in [3.63, 3.8) is 0 Å². The predicted molar refractivity (Wildman–Crippen MR) is 103 cm³/mol. The van der Waals surface area contributed by atoms with Gasteiger partial charge in [0.1, 0.15) is 6.04 Å². The maximum absolute atomic E-state index is 12.7. The first-order chi connectivity index (χ1) is 14.2. The Morgan fingerprint density at radius 3 is 2.03 bits per heavy atom. The van der Waals surface area contributed by atoms with E-state index in [1.165, 1.54) is 12.1 Å². The highest BCUT2D eigenvalue weighted by Gasteiger charge is 2.30. The molecule has 2 N–H and O–H groups in total. The van der Waals surface area contributed by atoms with Crippen molar-refractivity contribution in [3.05, 3.63) is 59.7 Å². The number of carbonyl (C=O) groups excluding carboxylic acids is 1. The summed E-state index contributed by atoms with van der Waals surface area (Å²) in [4.78, 5) is 25.4. The first kappa shape index (κ1) is 21.6. The zero-order chi connectivity index (χ0) is 21.7. The van der Waals surface area contributed by atoms with Crippen LogP contribution in [0, 0.1) is 0 Å². The molecule has 0 bridgehead atoms. The number of carboxylic acid groups (broad SMARTS) is 1. The lowest BCUT2D eigenvalue weighted by molar-refractivity contribution is -0.138. The van der Waals surface area contributed by atoms with E-state index < -0.39 is 23.9 Å². The van der Waals surface area contributed by atoms with Crippen molar-refractivity contribution < 1.29 is 32.6 Å². The molecule has 2 aromatic rings. The van der Waals surface area contributed by atoms with Crippen LogP contribution in [0.3, 0.4) is 0 Å². The van der Waals surface area contributed by atoms with E-state index >= 15 is 0 Å². The number of alkyl halides is 3. The molecule has 1 atom stereocenters. The van der Waals surface area contributed by atoms with Gasteiger partial charge >= 0.3 is 12.3 Å². The molecule has 2 aromatic carbocycles. The van der Waals surface area contributed by atoms with Crippen molar-refractivity contribution in [2.75, 3.05) is 26.3 Å². The van der Waals surface area contributed by atoms with E-state index in [1.54, 1.807) is 29.2 Å². The Bertz CT molecular complexity index is 877. The SMILES string of the molecule is O=C(O)NC(Cc1ccc(-c2ccc(C(F)(F)F)cc2)cc1)C(=O)N1CCOCC1. The molecule has 1 saturated heterocycles. The number of nitrogens with zero attached hydrogens (tertiary/aromatic N) is 1. The normalized spacial score (nSPS) is 15.5. The highest BCUT2D eigenvalue weighted by Crippen LogP contribution is 2.31. The second-order valence-corrected chi connectivity index (χ2v) is 6.92. The minimum absolute atomic E-state index is 0.162. The van der Waals surface area contributed by atoms with E-state index in [4.69, 9.17) is 9.84 Å². The van der Waals surface area contributed by atoms with Crippen molar-refractivity contribution in [3.8, 4) is 11.1 Å². The first-order valence-corrected chi connectivity index (χ1v) is 9.36. The molecule has 1 fully saturated rings. The molecule has 1 heterocycles. The van der Waals surface area contributed by atoms with Gasteiger partial charge < -0.3 is 20.1 Å². The molecule has 30 heavy (non-hydrogen) atoms. The number of halogens is 3. The van der Waals surface area contributed by atoms with Gasteiger partial charge in [-0.15, -0.1) is 0 Å². The van der Waals surface area contributed by atoms with Crippen LogP contribution in [-0.4, -0.2) is 54.4 Å². The van der Waals surface area contributed by atoms with Crippen LogP contribution in [0.1, 0.15) is 11.1 Å². The summed E-state index contributed by atoms with van der Waals surface area (Å²) >= 11 is 0. The number of nitrogens with one attached hydrogen (secondary N) is 1. The Balaban J connectivity index is 1.71. The summed E-state index contributed by atoms with van der Waals surface area (Å²) in [7, 11) is 0. The Morgan fingerprint density at radius 2 is 1.53 bits per heavy atom. The highest BCUT2D eigenvalue weighted by atomic mass is 19.4. The van der Waals surface area contributed by atoms with Gasteiger partial charge in [0, 0.05) is 19.5 Å². The van der Waals surface area contributed by atoms with Gasteiger partial charge in [-0.2, -0.15) is 13.2 Å². The Hall–Kier alpha value is -3.07. The van der Waals surface area contributed by atoms with E-state index in [0.717, 1.165) is 23.3 Å². The summed E-state index contributed by atoms with van der Waals surface area (Å²) in [5.74, 6) is -0.312. The third-order valence-electron chi connectivity index (χ3n) is 4.86. The topological polar surface area (TPSA) is 78.9 Å². The molecule has 9 heteroatoms. The van der Waals surface area contributed by atoms with Crippen LogP contribution >= 0.6 is 0 Å². The Labute approximate surface area is 171 Å². The summed E-state index contributed by atoms with van der Waals surface area (Å²) in [6.45, 7) is 1.63. The third-order valence-corrected chi connectivity index (χ3v) is 4.86. The molecule has 3 rings (SSSR count). The van der Waals surface area contributed by atoms with Crippen LogP contribution in [0.25, 0.3) is 11.1 Å². The lowest BCUT2D eigenvalue weighted by atomic mass is 9.99. The molecular weight excluding hydrogens is 401 g/mol. The number of morpholine rings is 1. The average molecular weight is 422 g/mol. The molecule has 0 saturated carbocycles. The van der Waals surface area contributed by atoms with Crippen molar-refractivity contribution in [1.29, 1.82) is 0 Å². The summed E-state index contributed by atoms with van der Waals surface area (Å²) in [5.41, 5.74) is 1.35. The number of carbonyl (C=O) groups is 2. The van der Waals surface area contributed by atoms with Crippen LogP contribution in [0.15, 0.2) is 48.5 Å². The Kier molecular flexibility index (Phi) is 6.61. The van der Waals surface area contributed by atoms with Gasteiger partial charge in [0.25, 0.3) is 0 Å². The standard InChI is InChI=1S/C21H21F3N2O4/c22-21(23,24)17-7-5-16(6-8-17)15-3-1-14(2-4-15)13-18(25-20(28)29)19(27)26-9-11-30-12-10-26/h1-8,18,25H,9-13H2,(H,28,29). The summed E-state index contributed by atoms with van der Waals surface area (Å²) < 4.78 is 43.3. The summed E-state index contributed by atoms with van der Waals surface area (Å²) in [5, 5.41) is 11.4. The highest BCUT2D eigenvalue weighted by molar-refractivity contribution is 5.85. The second kappa shape index (κ2) is 9.17. The van der Waals surface area contributed by atoms with Gasteiger partial charge in [-0.25, -0.2) is 4.79 Å². The lowest BCUT2D eigenvalue weighted by Gasteiger charge is -2.30. The van der Waals surface area contributed by atoms with Crippen molar-refractivity contribution in [2.45, 2.75) is 18.6 Å². The van der Waals surface area contributed by atoms with E-state index in [-0.39, 0.29) is 12.3 Å². The molecule has 6 nitrogen and oxygen atoms in total. The van der Waals surface area contributed by atoms with Crippen LogP contribution in [0.4, 0.5) is 18.0 Å². The van der Waals surface area contributed by atoms with Crippen LogP contribution < -0.4 is 5.32 Å². The molecule has 0 aromatic heterocycles. The number of rotatable bonds is 5. The number of hydrogen-bond donors (Lipinski definition) is 2. The number of benzene rings is 2. The van der Waals surface area contributed by atoms with E-state index in [0.29, 0.717) is 31.9 Å². The van der Waals surface area contributed by atoms with E-state index in [1.807, 2.05) is 0 Å². The minimum Gasteiger partial charge on any atom is -0.465 e. The first-order valence-electron chi connectivity index (χ1n) is 9.36. The van der Waals surface area contributed by atoms with Crippen LogP contribution in [0.2, 0.25) is 0 Å². The fraction of sp³-hybridized carbons (Fsp3) is 0.333. The van der Waals surface area contributed by atoms with Crippen LogP contribution in [0.5, 0.6) is 0 Å².